The second kappa shape index (κ2) is 4.96. The first-order valence-electron chi connectivity index (χ1n) is 6.36. The van der Waals surface area contributed by atoms with E-state index in [0.717, 1.165) is 18.1 Å². The van der Waals surface area contributed by atoms with Gasteiger partial charge in [-0.2, -0.15) is 5.10 Å². The maximum Gasteiger partial charge on any atom is 0.173 e. The highest BCUT2D eigenvalue weighted by Gasteiger charge is 2.24. The highest BCUT2D eigenvalue weighted by Crippen LogP contribution is 2.25. The lowest BCUT2D eigenvalue weighted by Crippen LogP contribution is -2.43. The predicted molar refractivity (Wildman–Crippen MR) is 71.2 cm³/mol. The van der Waals surface area contributed by atoms with Crippen LogP contribution in [0.4, 0.5) is 11.5 Å². The monoisotopic (exact) mass is 237 g/mol. The molecule has 0 amide bonds. The molecule has 0 radical (unpaired) electrons. The molecule has 1 aliphatic heterocycles. The van der Waals surface area contributed by atoms with E-state index in [0.29, 0.717) is 6.04 Å². The third kappa shape index (κ3) is 2.54. The molecule has 0 spiro atoms. The molecule has 2 rings (SSSR count). The van der Waals surface area contributed by atoms with E-state index in [-0.39, 0.29) is 0 Å². The molecule has 0 aromatic carbocycles. The number of nitrogens with zero attached hydrogens (tertiary/aromatic N) is 4. The standard InChI is InChI=1S/C12H23N5/c1-4-17-7-5-10(6-8-17)16(3)12-11(13)9-15(2)14-12/h9-10H,4-8,13H2,1-3H3. The lowest BCUT2D eigenvalue weighted by molar-refractivity contribution is 0.220. The number of nitrogen functional groups attached to an aromatic ring is 1. The number of aryl methyl sites for hydroxylation is 1. The average molecular weight is 237 g/mol. The van der Waals surface area contributed by atoms with Crippen LogP contribution in [0.2, 0.25) is 0 Å². The minimum Gasteiger partial charge on any atom is -0.394 e. The van der Waals surface area contributed by atoms with Crippen molar-refractivity contribution in [3.05, 3.63) is 6.20 Å². The summed E-state index contributed by atoms with van der Waals surface area (Å²) >= 11 is 0. The van der Waals surface area contributed by atoms with E-state index in [1.807, 2.05) is 13.2 Å². The Hall–Kier alpha value is -1.23. The van der Waals surface area contributed by atoms with Crippen LogP contribution >= 0.6 is 0 Å². The Morgan fingerprint density at radius 2 is 2.12 bits per heavy atom. The SMILES string of the molecule is CCN1CCC(N(C)c2nn(C)cc2N)CC1. The van der Waals surface area contributed by atoms with Crippen LogP contribution in [0.25, 0.3) is 0 Å². The van der Waals surface area contributed by atoms with Gasteiger partial charge in [-0.25, -0.2) is 0 Å². The summed E-state index contributed by atoms with van der Waals surface area (Å²) in [5, 5.41) is 4.43. The molecule has 0 bridgehead atoms. The summed E-state index contributed by atoms with van der Waals surface area (Å²) in [6, 6.07) is 0.565. The Morgan fingerprint density at radius 3 is 2.59 bits per heavy atom. The topological polar surface area (TPSA) is 50.3 Å². The fourth-order valence-electron chi connectivity index (χ4n) is 2.57. The van der Waals surface area contributed by atoms with Crippen molar-refractivity contribution in [3.63, 3.8) is 0 Å². The second-order valence-electron chi connectivity index (χ2n) is 4.86. The van der Waals surface area contributed by atoms with Crippen LogP contribution in [-0.4, -0.2) is 47.4 Å². The summed E-state index contributed by atoms with van der Waals surface area (Å²) in [4.78, 5) is 4.73. The van der Waals surface area contributed by atoms with E-state index in [9.17, 15) is 0 Å². The first-order valence-corrected chi connectivity index (χ1v) is 6.36. The van der Waals surface area contributed by atoms with Crippen molar-refractivity contribution < 1.29 is 0 Å². The molecule has 0 atom stereocenters. The first-order chi connectivity index (χ1) is 8.11. The normalized spacial score (nSPS) is 18.5. The molecule has 1 fully saturated rings. The molecule has 96 valence electrons. The van der Waals surface area contributed by atoms with Crippen molar-refractivity contribution in [2.45, 2.75) is 25.8 Å². The number of hydrogen-bond donors (Lipinski definition) is 1. The predicted octanol–water partition coefficient (Wildman–Crippen LogP) is 0.923. The van der Waals surface area contributed by atoms with Gasteiger partial charge in [-0.3, -0.25) is 4.68 Å². The number of rotatable bonds is 3. The number of likely N-dealkylation sites (tertiary alicyclic amines) is 1. The zero-order valence-electron chi connectivity index (χ0n) is 11.1. The number of nitrogens with two attached hydrogens (primary N) is 1. The van der Waals surface area contributed by atoms with Crippen molar-refractivity contribution in [1.29, 1.82) is 0 Å². The third-order valence-electron chi connectivity index (χ3n) is 3.72. The van der Waals surface area contributed by atoms with Gasteiger partial charge in [-0.15, -0.1) is 0 Å². The minimum absolute atomic E-state index is 0.565. The number of hydrogen-bond acceptors (Lipinski definition) is 4. The van der Waals surface area contributed by atoms with E-state index in [2.05, 4.69) is 28.9 Å². The third-order valence-corrected chi connectivity index (χ3v) is 3.72. The summed E-state index contributed by atoms with van der Waals surface area (Å²) in [6.07, 6.45) is 4.26. The van der Waals surface area contributed by atoms with E-state index < -0.39 is 0 Å². The van der Waals surface area contributed by atoms with Crippen molar-refractivity contribution in [2.75, 3.05) is 37.3 Å². The van der Waals surface area contributed by atoms with Crippen LogP contribution in [0.5, 0.6) is 0 Å². The molecular weight excluding hydrogens is 214 g/mol. The van der Waals surface area contributed by atoms with Crippen LogP contribution in [0, 0.1) is 0 Å². The summed E-state index contributed by atoms with van der Waals surface area (Å²) in [5.74, 6) is 0.919. The summed E-state index contributed by atoms with van der Waals surface area (Å²) in [7, 11) is 4.01. The van der Waals surface area contributed by atoms with Crippen molar-refractivity contribution in [1.82, 2.24) is 14.7 Å². The van der Waals surface area contributed by atoms with Crippen LogP contribution in [0.1, 0.15) is 19.8 Å². The van der Waals surface area contributed by atoms with Gasteiger partial charge in [0.2, 0.25) is 0 Å². The van der Waals surface area contributed by atoms with Crippen LogP contribution < -0.4 is 10.6 Å². The molecule has 0 unspecified atom stereocenters. The van der Waals surface area contributed by atoms with Gasteiger partial charge in [0, 0.05) is 39.4 Å². The molecule has 0 saturated carbocycles. The smallest absolute Gasteiger partial charge is 0.173 e. The molecule has 1 aromatic rings. The Labute approximate surface area is 103 Å². The van der Waals surface area contributed by atoms with E-state index in [1.165, 1.54) is 25.9 Å². The fraction of sp³-hybridized carbons (Fsp3) is 0.750. The van der Waals surface area contributed by atoms with Gasteiger partial charge >= 0.3 is 0 Å². The molecule has 2 heterocycles. The molecule has 2 N–H and O–H groups in total. The fourth-order valence-corrected chi connectivity index (χ4v) is 2.57. The summed E-state index contributed by atoms with van der Waals surface area (Å²) in [5.41, 5.74) is 6.74. The van der Waals surface area contributed by atoms with E-state index in [1.54, 1.807) is 4.68 Å². The van der Waals surface area contributed by atoms with Crippen molar-refractivity contribution in [3.8, 4) is 0 Å². The van der Waals surface area contributed by atoms with Gasteiger partial charge in [-0.1, -0.05) is 6.92 Å². The highest BCUT2D eigenvalue weighted by atomic mass is 15.3. The van der Waals surface area contributed by atoms with E-state index in [4.69, 9.17) is 5.73 Å². The molecule has 17 heavy (non-hydrogen) atoms. The molecule has 1 saturated heterocycles. The van der Waals surface area contributed by atoms with Crippen molar-refractivity contribution in [2.24, 2.45) is 7.05 Å². The first kappa shape index (κ1) is 12.2. The molecule has 5 nitrogen and oxygen atoms in total. The second-order valence-corrected chi connectivity index (χ2v) is 4.86. The Morgan fingerprint density at radius 1 is 1.47 bits per heavy atom. The lowest BCUT2D eigenvalue weighted by atomic mass is 10.0. The van der Waals surface area contributed by atoms with Gasteiger partial charge < -0.3 is 15.5 Å². The Kier molecular flexibility index (Phi) is 3.57. The molecular formula is C12H23N5. The molecule has 0 aliphatic carbocycles. The lowest BCUT2D eigenvalue weighted by Gasteiger charge is -2.36. The van der Waals surface area contributed by atoms with Crippen molar-refractivity contribution >= 4 is 11.5 Å². The van der Waals surface area contributed by atoms with Crippen LogP contribution in [0.3, 0.4) is 0 Å². The van der Waals surface area contributed by atoms with E-state index >= 15 is 0 Å². The highest BCUT2D eigenvalue weighted by molar-refractivity contribution is 5.61. The van der Waals surface area contributed by atoms with Gasteiger partial charge in [0.25, 0.3) is 0 Å². The van der Waals surface area contributed by atoms with Gasteiger partial charge in [0.05, 0.1) is 5.69 Å². The molecule has 5 heteroatoms. The maximum atomic E-state index is 5.97. The Bertz CT molecular complexity index is 365. The van der Waals surface area contributed by atoms with Gasteiger partial charge in [0.15, 0.2) is 5.82 Å². The molecule has 1 aromatic heterocycles. The zero-order chi connectivity index (χ0) is 12.4. The largest absolute Gasteiger partial charge is 0.394 e. The molecule has 1 aliphatic rings. The van der Waals surface area contributed by atoms with Crippen LogP contribution in [-0.2, 0) is 7.05 Å². The van der Waals surface area contributed by atoms with Gasteiger partial charge in [-0.05, 0) is 19.4 Å². The summed E-state index contributed by atoms with van der Waals surface area (Å²) in [6.45, 7) is 5.74. The number of anilines is 2. The number of piperidine rings is 1. The van der Waals surface area contributed by atoms with Gasteiger partial charge in [0.1, 0.15) is 0 Å². The minimum atomic E-state index is 0.565. The number of aromatic nitrogens is 2. The Balaban J connectivity index is 2.01. The summed E-state index contributed by atoms with van der Waals surface area (Å²) < 4.78 is 1.78. The maximum absolute atomic E-state index is 5.97. The van der Waals surface area contributed by atoms with Crippen LogP contribution in [0.15, 0.2) is 6.20 Å². The quantitative estimate of drug-likeness (QED) is 0.849. The zero-order valence-corrected chi connectivity index (χ0v) is 11.1. The average Bonchev–Trinajstić information content (AvgIpc) is 2.68.